The van der Waals surface area contributed by atoms with Gasteiger partial charge in [-0.1, -0.05) is 13.8 Å². The highest BCUT2D eigenvalue weighted by Gasteiger charge is 2.19. The molecule has 0 fully saturated rings. The van der Waals surface area contributed by atoms with Gasteiger partial charge < -0.3 is 10.3 Å². The van der Waals surface area contributed by atoms with Crippen LogP contribution < -0.4 is 5.32 Å². The summed E-state index contributed by atoms with van der Waals surface area (Å²) < 4.78 is 40.8. The van der Waals surface area contributed by atoms with Crippen LogP contribution in [0.4, 0.5) is 13.2 Å². The molecule has 2 N–H and O–H groups in total. The predicted octanol–water partition coefficient (Wildman–Crippen LogP) is 3.64. The number of aromatic nitrogens is 1. The van der Waals surface area contributed by atoms with Gasteiger partial charge in [0.15, 0.2) is 11.6 Å². The lowest BCUT2D eigenvalue weighted by Gasteiger charge is -2.08. The molecule has 1 aromatic heterocycles. The Kier molecular flexibility index (Phi) is 3.85. The lowest BCUT2D eigenvalue weighted by molar-refractivity contribution is 0.504. The summed E-state index contributed by atoms with van der Waals surface area (Å²) in [6, 6.07) is 0.568. The van der Waals surface area contributed by atoms with Gasteiger partial charge in [-0.25, -0.2) is 13.2 Å². The number of hydrogen-bond acceptors (Lipinski definition) is 1. The molecule has 0 saturated carbocycles. The zero-order valence-electron chi connectivity index (χ0n) is 11.2. The van der Waals surface area contributed by atoms with E-state index in [-0.39, 0.29) is 10.9 Å². The van der Waals surface area contributed by atoms with Gasteiger partial charge >= 0.3 is 0 Å². The average molecular weight is 270 g/mol. The second-order valence-corrected chi connectivity index (χ2v) is 5.16. The summed E-state index contributed by atoms with van der Waals surface area (Å²) in [7, 11) is 0. The molecule has 2 aromatic rings. The average Bonchev–Trinajstić information content (AvgIpc) is 2.64. The zero-order chi connectivity index (χ0) is 14.2. The summed E-state index contributed by atoms with van der Waals surface area (Å²) >= 11 is 0. The van der Waals surface area contributed by atoms with Crippen LogP contribution in [-0.4, -0.2) is 11.5 Å². The third kappa shape index (κ3) is 2.61. The van der Waals surface area contributed by atoms with Crippen molar-refractivity contribution >= 4 is 10.9 Å². The maximum atomic E-state index is 13.8. The Morgan fingerprint density at radius 3 is 2.53 bits per heavy atom. The Labute approximate surface area is 110 Å². The highest BCUT2D eigenvalue weighted by atomic mass is 19.2. The minimum Gasteiger partial charge on any atom is -0.356 e. The molecule has 0 aliphatic heterocycles. The zero-order valence-corrected chi connectivity index (χ0v) is 11.2. The first-order valence-corrected chi connectivity index (χ1v) is 6.27. The molecule has 0 unspecified atom stereocenters. The molecule has 19 heavy (non-hydrogen) atoms. The summed E-state index contributed by atoms with van der Waals surface area (Å²) in [6.45, 7) is 6.96. The van der Waals surface area contributed by atoms with E-state index in [9.17, 15) is 13.2 Å². The number of aromatic amines is 1. The third-order valence-electron chi connectivity index (χ3n) is 3.09. The molecule has 0 aliphatic carbocycles. The normalized spacial score (nSPS) is 11.7. The summed E-state index contributed by atoms with van der Waals surface area (Å²) in [5.74, 6) is -2.48. The second kappa shape index (κ2) is 5.25. The van der Waals surface area contributed by atoms with Crippen LogP contribution in [0.5, 0.6) is 0 Å². The Balaban J connectivity index is 2.45. The van der Waals surface area contributed by atoms with E-state index in [4.69, 9.17) is 0 Å². The van der Waals surface area contributed by atoms with Gasteiger partial charge in [0, 0.05) is 23.7 Å². The molecule has 2 rings (SSSR count). The fraction of sp³-hybridized carbons (Fsp3) is 0.429. The van der Waals surface area contributed by atoms with Crippen molar-refractivity contribution in [3.63, 3.8) is 0 Å². The SMILES string of the molecule is Cc1[nH]c2c(F)cc(F)c(F)c2c1CNCC(C)C. The van der Waals surface area contributed by atoms with E-state index in [1.54, 1.807) is 6.92 Å². The van der Waals surface area contributed by atoms with Crippen molar-refractivity contribution in [3.05, 3.63) is 34.8 Å². The van der Waals surface area contributed by atoms with E-state index in [1.807, 2.05) is 0 Å². The first-order valence-electron chi connectivity index (χ1n) is 6.27. The fourth-order valence-corrected chi connectivity index (χ4v) is 2.16. The maximum Gasteiger partial charge on any atom is 0.168 e. The minimum absolute atomic E-state index is 0.00579. The minimum atomic E-state index is -1.16. The van der Waals surface area contributed by atoms with Crippen LogP contribution in [0, 0.1) is 30.3 Å². The number of H-pyrrole nitrogens is 1. The summed E-state index contributed by atoms with van der Waals surface area (Å²) in [4.78, 5) is 2.78. The molecule has 0 aliphatic rings. The van der Waals surface area contributed by atoms with E-state index in [1.165, 1.54) is 0 Å². The van der Waals surface area contributed by atoms with Gasteiger partial charge in [-0.05, 0) is 24.9 Å². The number of benzene rings is 1. The van der Waals surface area contributed by atoms with Crippen molar-refractivity contribution in [1.29, 1.82) is 0 Å². The number of fused-ring (bicyclic) bond motifs is 1. The highest BCUT2D eigenvalue weighted by molar-refractivity contribution is 5.85. The Hall–Kier alpha value is -1.49. The molecule has 0 radical (unpaired) electrons. The van der Waals surface area contributed by atoms with Crippen LogP contribution in [0.25, 0.3) is 10.9 Å². The van der Waals surface area contributed by atoms with Gasteiger partial charge in [0.05, 0.1) is 5.52 Å². The Morgan fingerprint density at radius 2 is 1.89 bits per heavy atom. The van der Waals surface area contributed by atoms with E-state index in [0.717, 1.165) is 6.54 Å². The second-order valence-electron chi connectivity index (χ2n) is 5.16. The summed E-state index contributed by atoms with van der Waals surface area (Å²) in [5.41, 5.74) is 1.25. The molecule has 0 saturated heterocycles. The Morgan fingerprint density at radius 1 is 1.21 bits per heavy atom. The van der Waals surface area contributed by atoms with Crippen molar-refractivity contribution in [1.82, 2.24) is 10.3 Å². The number of aryl methyl sites for hydroxylation is 1. The van der Waals surface area contributed by atoms with Crippen LogP contribution in [0.1, 0.15) is 25.1 Å². The van der Waals surface area contributed by atoms with Crippen LogP contribution in [0.3, 0.4) is 0 Å². The number of nitrogens with one attached hydrogen (secondary N) is 2. The first kappa shape index (κ1) is 13.9. The van der Waals surface area contributed by atoms with Gasteiger partial charge in [0.1, 0.15) is 5.82 Å². The molecule has 0 bridgehead atoms. The first-order chi connectivity index (χ1) is 8.91. The van der Waals surface area contributed by atoms with Crippen LogP contribution in [0.2, 0.25) is 0 Å². The number of rotatable bonds is 4. The molecule has 0 amide bonds. The lowest BCUT2D eigenvalue weighted by Crippen LogP contribution is -2.19. The molecule has 1 heterocycles. The van der Waals surface area contributed by atoms with Crippen molar-refractivity contribution in [2.45, 2.75) is 27.3 Å². The topological polar surface area (TPSA) is 27.8 Å². The molecule has 104 valence electrons. The van der Waals surface area contributed by atoms with E-state index in [0.29, 0.717) is 29.8 Å². The van der Waals surface area contributed by atoms with E-state index >= 15 is 0 Å². The maximum absolute atomic E-state index is 13.8. The van der Waals surface area contributed by atoms with Crippen LogP contribution in [0.15, 0.2) is 6.07 Å². The standard InChI is InChI=1S/C14H17F3N2/c1-7(2)5-18-6-9-8(3)19-14-11(16)4-10(15)13(17)12(9)14/h4,7,18-19H,5-6H2,1-3H3. The van der Waals surface area contributed by atoms with Crippen molar-refractivity contribution in [2.24, 2.45) is 5.92 Å². The summed E-state index contributed by atoms with van der Waals surface area (Å²) in [6.07, 6.45) is 0. The van der Waals surface area contributed by atoms with Gasteiger partial charge in [0.2, 0.25) is 0 Å². The predicted molar refractivity (Wildman–Crippen MR) is 69.5 cm³/mol. The molecule has 2 nitrogen and oxygen atoms in total. The quantitative estimate of drug-likeness (QED) is 0.816. The van der Waals surface area contributed by atoms with Crippen LogP contribution in [-0.2, 0) is 6.54 Å². The smallest absolute Gasteiger partial charge is 0.168 e. The Bertz CT molecular complexity index is 602. The fourth-order valence-electron chi connectivity index (χ4n) is 2.16. The number of hydrogen-bond donors (Lipinski definition) is 2. The number of halogens is 3. The molecule has 0 spiro atoms. The van der Waals surface area contributed by atoms with Gasteiger partial charge in [-0.3, -0.25) is 0 Å². The van der Waals surface area contributed by atoms with E-state index < -0.39 is 17.5 Å². The molecule has 1 aromatic carbocycles. The van der Waals surface area contributed by atoms with Gasteiger partial charge in [0.25, 0.3) is 0 Å². The largest absolute Gasteiger partial charge is 0.356 e. The molecular formula is C14H17F3N2. The van der Waals surface area contributed by atoms with Crippen LogP contribution >= 0.6 is 0 Å². The molecular weight excluding hydrogens is 253 g/mol. The van der Waals surface area contributed by atoms with Crippen molar-refractivity contribution < 1.29 is 13.2 Å². The van der Waals surface area contributed by atoms with Gasteiger partial charge in [-0.2, -0.15) is 0 Å². The molecule has 0 atom stereocenters. The summed E-state index contributed by atoms with van der Waals surface area (Å²) in [5, 5.41) is 3.16. The lowest BCUT2D eigenvalue weighted by atomic mass is 10.1. The monoisotopic (exact) mass is 270 g/mol. The van der Waals surface area contributed by atoms with E-state index in [2.05, 4.69) is 24.1 Å². The third-order valence-corrected chi connectivity index (χ3v) is 3.09. The van der Waals surface area contributed by atoms with Crippen molar-refractivity contribution in [3.8, 4) is 0 Å². The highest BCUT2D eigenvalue weighted by Crippen LogP contribution is 2.28. The van der Waals surface area contributed by atoms with Crippen molar-refractivity contribution in [2.75, 3.05) is 6.54 Å². The molecule has 5 heteroatoms. The van der Waals surface area contributed by atoms with Gasteiger partial charge in [-0.15, -0.1) is 0 Å².